The molecular weight excluding hydrogens is 264 g/mol. The van der Waals surface area contributed by atoms with Crippen LogP contribution in [0.4, 0.5) is 0 Å². The molecule has 21 heavy (non-hydrogen) atoms. The molecule has 5 nitrogen and oxygen atoms in total. The van der Waals surface area contributed by atoms with Crippen LogP contribution in [-0.2, 0) is 6.42 Å². The van der Waals surface area contributed by atoms with Gasteiger partial charge in [-0.2, -0.15) is 4.98 Å². The Hall–Kier alpha value is -0.940. The van der Waals surface area contributed by atoms with Crippen molar-refractivity contribution in [2.75, 3.05) is 26.2 Å². The summed E-state index contributed by atoms with van der Waals surface area (Å²) in [4.78, 5) is 6.96. The Bertz CT molecular complexity index is 376. The van der Waals surface area contributed by atoms with Gasteiger partial charge in [0.15, 0.2) is 5.82 Å². The Kier molecular flexibility index (Phi) is 8.54. The molecule has 1 aromatic rings. The zero-order valence-corrected chi connectivity index (χ0v) is 14.4. The maximum Gasteiger partial charge on any atom is 0.231 e. The molecule has 1 rings (SSSR count). The fraction of sp³-hybridized carbons (Fsp3) is 0.875. The summed E-state index contributed by atoms with van der Waals surface area (Å²) in [5.41, 5.74) is 0. The summed E-state index contributed by atoms with van der Waals surface area (Å²) in [6.07, 6.45) is 3.07. The third kappa shape index (κ3) is 5.75. The first-order chi connectivity index (χ1) is 10.2. The molecule has 0 spiro atoms. The van der Waals surface area contributed by atoms with E-state index in [9.17, 15) is 0 Å². The summed E-state index contributed by atoms with van der Waals surface area (Å²) < 4.78 is 5.47. The van der Waals surface area contributed by atoms with Crippen LogP contribution in [0, 0.1) is 0 Å². The second kappa shape index (κ2) is 9.90. The fourth-order valence-corrected chi connectivity index (χ4v) is 2.53. The number of aromatic nitrogens is 2. The van der Waals surface area contributed by atoms with Gasteiger partial charge in [-0.25, -0.2) is 0 Å². The van der Waals surface area contributed by atoms with E-state index in [-0.39, 0.29) is 5.92 Å². The minimum Gasteiger partial charge on any atom is -0.339 e. The standard InChI is InChI=1S/C16H32N4O/c1-6-11-17-14(7-2)13(5)16-18-15(19-21-16)10-12-20(8-3)9-4/h13-14,17H,6-12H2,1-5H3. The van der Waals surface area contributed by atoms with E-state index in [0.29, 0.717) is 6.04 Å². The van der Waals surface area contributed by atoms with Crippen LogP contribution in [0.3, 0.4) is 0 Å². The summed E-state index contributed by atoms with van der Waals surface area (Å²) in [6, 6.07) is 0.404. The summed E-state index contributed by atoms with van der Waals surface area (Å²) in [6.45, 7) is 15.1. The summed E-state index contributed by atoms with van der Waals surface area (Å²) in [5.74, 6) is 1.85. The second-order valence-electron chi connectivity index (χ2n) is 5.58. The molecule has 0 fully saturated rings. The van der Waals surface area contributed by atoms with Crippen LogP contribution >= 0.6 is 0 Å². The first kappa shape index (κ1) is 18.1. The topological polar surface area (TPSA) is 54.2 Å². The minimum atomic E-state index is 0.260. The van der Waals surface area contributed by atoms with Crippen molar-refractivity contribution in [3.05, 3.63) is 11.7 Å². The Morgan fingerprint density at radius 2 is 1.90 bits per heavy atom. The number of likely N-dealkylation sites (N-methyl/N-ethyl adjacent to an activating group) is 1. The molecule has 0 aliphatic heterocycles. The molecule has 2 atom stereocenters. The van der Waals surface area contributed by atoms with E-state index in [1.54, 1.807) is 0 Å². The van der Waals surface area contributed by atoms with Crippen LogP contribution < -0.4 is 5.32 Å². The van der Waals surface area contributed by atoms with Gasteiger partial charge in [-0.15, -0.1) is 0 Å². The molecule has 0 bridgehead atoms. The van der Waals surface area contributed by atoms with Crippen molar-refractivity contribution in [1.82, 2.24) is 20.4 Å². The van der Waals surface area contributed by atoms with Crippen molar-refractivity contribution in [3.8, 4) is 0 Å². The summed E-state index contributed by atoms with van der Waals surface area (Å²) in [7, 11) is 0. The number of nitrogens with one attached hydrogen (secondary N) is 1. The Balaban J connectivity index is 2.56. The van der Waals surface area contributed by atoms with Gasteiger partial charge in [0, 0.05) is 19.0 Å². The second-order valence-corrected chi connectivity index (χ2v) is 5.58. The van der Waals surface area contributed by atoms with Crippen molar-refractivity contribution < 1.29 is 4.52 Å². The van der Waals surface area contributed by atoms with Gasteiger partial charge in [-0.05, 0) is 32.5 Å². The molecule has 0 aliphatic rings. The van der Waals surface area contributed by atoms with Gasteiger partial charge in [-0.1, -0.05) is 39.8 Å². The highest BCUT2D eigenvalue weighted by Gasteiger charge is 2.22. The molecule has 1 heterocycles. The maximum absolute atomic E-state index is 5.47. The van der Waals surface area contributed by atoms with E-state index in [0.717, 1.165) is 57.2 Å². The molecule has 0 radical (unpaired) electrons. The zero-order valence-electron chi connectivity index (χ0n) is 14.4. The maximum atomic E-state index is 5.47. The van der Waals surface area contributed by atoms with Crippen LogP contribution in [0.25, 0.3) is 0 Å². The average molecular weight is 296 g/mol. The molecule has 0 saturated carbocycles. The van der Waals surface area contributed by atoms with Gasteiger partial charge in [-0.3, -0.25) is 0 Å². The predicted molar refractivity (Wildman–Crippen MR) is 86.6 cm³/mol. The van der Waals surface area contributed by atoms with Crippen molar-refractivity contribution in [3.63, 3.8) is 0 Å². The third-order valence-electron chi connectivity index (χ3n) is 4.12. The van der Waals surface area contributed by atoms with Crippen molar-refractivity contribution in [2.45, 2.75) is 65.8 Å². The lowest BCUT2D eigenvalue weighted by molar-refractivity contribution is 0.299. The van der Waals surface area contributed by atoms with Gasteiger partial charge >= 0.3 is 0 Å². The van der Waals surface area contributed by atoms with Crippen LogP contribution in [0.5, 0.6) is 0 Å². The number of hydrogen-bond donors (Lipinski definition) is 1. The Labute approximate surface area is 129 Å². The average Bonchev–Trinajstić information content (AvgIpc) is 2.97. The molecule has 122 valence electrons. The van der Waals surface area contributed by atoms with Crippen molar-refractivity contribution in [1.29, 1.82) is 0 Å². The smallest absolute Gasteiger partial charge is 0.231 e. The first-order valence-electron chi connectivity index (χ1n) is 8.44. The molecule has 0 aliphatic carbocycles. The van der Waals surface area contributed by atoms with Gasteiger partial charge in [0.1, 0.15) is 0 Å². The fourth-order valence-electron chi connectivity index (χ4n) is 2.53. The highest BCUT2D eigenvalue weighted by atomic mass is 16.5. The number of hydrogen-bond acceptors (Lipinski definition) is 5. The lowest BCUT2D eigenvalue weighted by Crippen LogP contribution is -2.33. The third-order valence-corrected chi connectivity index (χ3v) is 4.12. The highest BCUT2D eigenvalue weighted by Crippen LogP contribution is 2.19. The van der Waals surface area contributed by atoms with E-state index in [1.807, 2.05) is 0 Å². The molecular formula is C16H32N4O. The molecule has 0 aromatic carbocycles. The summed E-state index contributed by atoms with van der Waals surface area (Å²) >= 11 is 0. The van der Waals surface area contributed by atoms with E-state index < -0.39 is 0 Å². The van der Waals surface area contributed by atoms with E-state index >= 15 is 0 Å². The van der Waals surface area contributed by atoms with Gasteiger partial charge in [0.2, 0.25) is 5.89 Å². The van der Waals surface area contributed by atoms with Gasteiger partial charge < -0.3 is 14.7 Å². The predicted octanol–water partition coefficient (Wildman–Crippen LogP) is 2.84. The number of nitrogens with zero attached hydrogens (tertiary/aromatic N) is 3. The minimum absolute atomic E-state index is 0.260. The van der Waals surface area contributed by atoms with Crippen LogP contribution in [0.2, 0.25) is 0 Å². The van der Waals surface area contributed by atoms with Crippen molar-refractivity contribution >= 4 is 0 Å². The molecule has 2 unspecified atom stereocenters. The largest absolute Gasteiger partial charge is 0.339 e. The summed E-state index contributed by atoms with van der Waals surface area (Å²) in [5, 5.41) is 7.69. The Morgan fingerprint density at radius 3 is 2.48 bits per heavy atom. The molecule has 1 N–H and O–H groups in total. The molecule has 0 saturated heterocycles. The van der Waals surface area contributed by atoms with Crippen LogP contribution in [0.1, 0.15) is 65.1 Å². The van der Waals surface area contributed by atoms with E-state index in [2.05, 4.69) is 55.0 Å². The monoisotopic (exact) mass is 296 g/mol. The quantitative estimate of drug-likeness (QED) is 0.680. The van der Waals surface area contributed by atoms with Crippen LogP contribution in [0.15, 0.2) is 4.52 Å². The lowest BCUT2D eigenvalue weighted by atomic mass is 9.99. The lowest BCUT2D eigenvalue weighted by Gasteiger charge is -2.20. The zero-order chi connectivity index (χ0) is 15.7. The van der Waals surface area contributed by atoms with Gasteiger partial charge in [0.05, 0.1) is 5.92 Å². The molecule has 0 amide bonds. The highest BCUT2D eigenvalue weighted by molar-refractivity contribution is 4.97. The first-order valence-corrected chi connectivity index (χ1v) is 8.44. The van der Waals surface area contributed by atoms with E-state index in [4.69, 9.17) is 4.52 Å². The normalized spacial score (nSPS) is 14.6. The molecule has 1 aromatic heterocycles. The number of rotatable bonds is 11. The SMILES string of the molecule is CCCNC(CC)C(C)c1nc(CCN(CC)CC)no1. The van der Waals surface area contributed by atoms with Gasteiger partial charge in [0.25, 0.3) is 0 Å². The van der Waals surface area contributed by atoms with E-state index in [1.165, 1.54) is 0 Å². The van der Waals surface area contributed by atoms with Crippen LogP contribution in [-0.4, -0.2) is 47.3 Å². The van der Waals surface area contributed by atoms with Crippen molar-refractivity contribution in [2.24, 2.45) is 0 Å². The Morgan fingerprint density at radius 1 is 1.19 bits per heavy atom. The molecule has 5 heteroatoms.